The van der Waals surface area contributed by atoms with E-state index in [1.807, 2.05) is 0 Å². The Balaban J connectivity index is 2.04. The molecule has 0 aromatic heterocycles. The van der Waals surface area contributed by atoms with Gasteiger partial charge in [0.2, 0.25) is 0 Å². The summed E-state index contributed by atoms with van der Waals surface area (Å²) in [4.78, 5) is 43.7. The number of carbonyl (C=O) groups excluding carboxylic acids is 3. The number of benzene rings is 2. The van der Waals surface area contributed by atoms with Crippen LogP contribution in [0.15, 0.2) is 54.6 Å². The number of carbonyl (C=O) groups is 3. The molecule has 2 aromatic carbocycles. The third-order valence-corrected chi connectivity index (χ3v) is 2.67. The van der Waals surface area contributed by atoms with E-state index in [1.54, 1.807) is 24.3 Å². The Labute approximate surface area is 131 Å². The zero-order chi connectivity index (χ0) is 16.7. The second-order valence-corrected chi connectivity index (χ2v) is 4.16. The zero-order valence-corrected chi connectivity index (χ0v) is 12.1. The first-order valence-electron chi connectivity index (χ1n) is 6.45. The van der Waals surface area contributed by atoms with Gasteiger partial charge < -0.3 is 9.47 Å². The molecule has 0 amide bonds. The van der Waals surface area contributed by atoms with Crippen LogP contribution < -0.4 is 4.74 Å². The summed E-state index contributed by atoms with van der Waals surface area (Å²) < 4.78 is 9.15. The van der Waals surface area contributed by atoms with Crippen LogP contribution in [-0.2, 0) is 14.5 Å². The summed E-state index contributed by atoms with van der Waals surface area (Å²) in [5, 5.41) is 0. The first-order valence-corrected chi connectivity index (χ1v) is 6.45. The van der Waals surface area contributed by atoms with Gasteiger partial charge in [-0.3, -0.25) is 0 Å². The highest BCUT2D eigenvalue weighted by molar-refractivity contribution is 5.94. The number of methoxy groups -OCH3 is 1. The number of hydrogen-bond acceptors (Lipinski definition) is 7. The fraction of sp³-hybridized carbons (Fsp3) is 0.0625. The highest BCUT2D eigenvalue weighted by Gasteiger charge is 2.19. The third-order valence-electron chi connectivity index (χ3n) is 2.67. The second kappa shape index (κ2) is 7.60. The van der Waals surface area contributed by atoms with Crippen LogP contribution in [-0.4, -0.2) is 25.2 Å². The van der Waals surface area contributed by atoms with Crippen LogP contribution in [0.5, 0.6) is 5.75 Å². The SMILES string of the molecule is COC(=O)Oc1ccccc1C(=O)OOC(=O)c1ccccc1. The Bertz CT molecular complexity index is 709. The molecule has 7 heteroatoms. The quantitative estimate of drug-likeness (QED) is 0.372. The van der Waals surface area contributed by atoms with E-state index in [0.717, 1.165) is 7.11 Å². The maximum absolute atomic E-state index is 11.9. The van der Waals surface area contributed by atoms with E-state index in [-0.39, 0.29) is 16.9 Å². The van der Waals surface area contributed by atoms with Crippen LogP contribution in [0.25, 0.3) is 0 Å². The Morgan fingerprint density at radius 1 is 0.783 bits per heavy atom. The van der Waals surface area contributed by atoms with Gasteiger partial charge in [0.1, 0.15) is 11.3 Å². The van der Waals surface area contributed by atoms with Crippen molar-refractivity contribution in [3.05, 3.63) is 65.7 Å². The van der Waals surface area contributed by atoms with Gasteiger partial charge in [0.05, 0.1) is 12.7 Å². The maximum Gasteiger partial charge on any atom is 0.513 e. The molecule has 0 atom stereocenters. The van der Waals surface area contributed by atoms with Gasteiger partial charge in [-0.15, -0.1) is 0 Å². The van der Waals surface area contributed by atoms with Crippen LogP contribution in [0.4, 0.5) is 4.79 Å². The molecule has 0 heterocycles. The lowest BCUT2D eigenvalue weighted by Crippen LogP contribution is -2.14. The van der Waals surface area contributed by atoms with Crippen molar-refractivity contribution in [2.24, 2.45) is 0 Å². The molecule has 23 heavy (non-hydrogen) atoms. The molecule has 0 aliphatic rings. The van der Waals surface area contributed by atoms with Crippen molar-refractivity contribution in [1.29, 1.82) is 0 Å². The average molecular weight is 316 g/mol. The monoisotopic (exact) mass is 316 g/mol. The molecule has 2 rings (SSSR count). The smallest absolute Gasteiger partial charge is 0.437 e. The maximum atomic E-state index is 11.9. The highest BCUT2D eigenvalue weighted by atomic mass is 17.2. The molecule has 0 saturated carbocycles. The third kappa shape index (κ3) is 4.31. The molecule has 0 saturated heterocycles. The largest absolute Gasteiger partial charge is 0.513 e. The van der Waals surface area contributed by atoms with Gasteiger partial charge in [-0.1, -0.05) is 30.3 Å². The van der Waals surface area contributed by atoms with Crippen molar-refractivity contribution in [1.82, 2.24) is 0 Å². The molecule has 118 valence electrons. The van der Waals surface area contributed by atoms with E-state index >= 15 is 0 Å². The van der Waals surface area contributed by atoms with Crippen LogP contribution in [0, 0.1) is 0 Å². The minimum Gasteiger partial charge on any atom is -0.437 e. The normalized spacial score (nSPS) is 9.61. The second-order valence-electron chi connectivity index (χ2n) is 4.16. The molecule has 0 radical (unpaired) electrons. The summed E-state index contributed by atoms with van der Waals surface area (Å²) >= 11 is 0. The van der Waals surface area contributed by atoms with Crippen LogP contribution in [0.1, 0.15) is 20.7 Å². The van der Waals surface area contributed by atoms with E-state index in [1.165, 1.54) is 30.3 Å². The minimum absolute atomic E-state index is 0.0832. The summed E-state index contributed by atoms with van der Waals surface area (Å²) in [5.41, 5.74) is 0.123. The van der Waals surface area contributed by atoms with Crippen molar-refractivity contribution in [2.75, 3.05) is 7.11 Å². The fourth-order valence-corrected chi connectivity index (χ4v) is 1.60. The molecule has 0 aliphatic heterocycles. The van der Waals surface area contributed by atoms with Gasteiger partial charge in [0.25, 0.3) is 0 Å². The molecule has 0 N–H and O–H groups in total. The molecule has 0 spiro atoms. The minimum atomic E-state index is -0.994. The highest BCUT2D eigenvalue weighted by Crippen LogP contribution is 2.19. The predicted molar refractivity (Wildman–Crippen MR) is 76.7 cm³/mol. The van der Waals surface area contributed by atoms with Gasteiger partial charge in [-0.05, 0) is 24.3 Å². The molecule has 7 nitrogen and oxygen atoms in total. The van der Waals surface area contributed by atoms with Gasteiger partial charge in [0, 0.05) is 0 Å². The zero-order valence-electron chi connectivity index (χ0n) is 12.1. The first kappa shape index (κ1) is 16.0. The van der Waals surface area contributed by atoms with E-state index in [9.17, 15) is 14.4 Å². The molecular weight excluding hydrogens is 304 g/mol. The lowest BCUT2D eigenvalue weighted by molar-refractivity contribution is -0.187. The first-order chi connectivity index (χ1) is 11.1. The molecule has 0 bridgehead atoms. The summed E-state index contributed by atoms with van der Waals surface area (Å²) in [5.74, 6) is -1.90. The molecule has 0 aliphatic carbocycles. The van der Waals surface area contributed by atoms with E-state index in [2.05, 4.69) is 14.5 Å². The predicted octanol–water partition coefficient (Wildman–Crippen LogP) is 2.76. The molecule has 0 unspecified atom stereocenters. The molecule has 0 fully saturated rings. The van der Waals surface area contributed by atoms with E-state index in [4.69, 9.17) is 4.74 Å². The van der Waals surface area contributed by atoms with Gasteiger partial charge in [-0.2, -0.15) is 0 Å². The van der Waals surface area contributed by atoms with Gasteiger partial charge in [0.15, 0.2) is 0 Å². The Hall–Kier alpha value is -3.35. The topological polar surface area (TPSA) is 88.1 Å². The van der Waals surface area contributed by atoms with Crippen molar-refractivity contribution >= 4 is 18.1 Å². The number of hydrogen-bond donors (Lipinski definition) is 0. The molecule has 2 aromatic rings. The molecular formula is C16H12O7. The van der Waals surface area contributed by atoms with Crippen LogP contribution in [0.2, 0.25) is 0 Å². The number of para-hydroxylation sites is 1. The van der Waals surface area contributed by atoms with E-state index < -0.39 is 18.1 Å². The Morgan fingerprint density at radius 3 is 2.09 bits per heavy atom. The van der Waals surface area contributed by atoms with Crippen molar-refractivity contribution < 1.29 is 33.6 Å². The van der Waals surface area contributed by atoms with Crippen LogP contribution >= 0.6 is 0 Å². The van der Waals surface area contributed by atoms with Crippen LogP contribution in [0.3, 0.4) is 0 Å². The van der Waals surface area contributed by atoms with Gasteiger partial charge in [-0.25, -0.2) is 24.2 Å². The van der Waals surface area contributed by atoms with Crippen molar-refractivity contribution in [3.8, 4) is 5.75 Å². The lowest BCUT2D eigenvalue weighted by Gasteiger charge is -2.07. The van der Waals surface area contributed by atoms with Crippen molar-refractivity contribution in [2.45, 2.75) is 0 Å². The lowest BCUT2D eigenvalue weighted by atomic mass is 10.2. The van der Waals surface area contributed by atoms with Crippen molar-refractivity contribution in [3.63, 3.8) is 0 Å². The average Bonchev–Trinajstić information content (AvgIpc) is 2.60. The van der Waals surface area contributed by atoms with E-state index in [0.29, 0.717) is 0 Å². The number of ether oxygens (including phenoxy) is 2. The summed E-state index contributed by atoms with van der Waals surface area (Å²) in [6.45, 7) is 0. The standard InChI is InChI=1S/C16H12O7/c1-20-16(19)21-13-10-6-5-9-12(13)15(18)23-22-14(17)11-7-3-2-4-8-11/h2-10H,1H3. The summed E-state index contributed by atoms with van der Waals surface area (Å²) in [6.07, 6.45) is -0.994. The fourth-order valence-electron chi connectivity index (χ4n) is 1.60. The summed E-state index contributed by atoms with van der Waals surface area (Å²) in [7, 11) is 1.13. The Morgan fingerprint density at radius 2 is 1.39 bits per heavy atom. The number of rotatable bonds is 3. The Kier molecular flexibility index (Phi) is 5.30. The van der Waals surface area contributed by atoms with Gasteiger partial charge >= 0.3 is 18.1 Å². The summed E-state index contributed by atoms with van der Waals surface area (Å²) in [6, 6.07) is 13.8.